The summed E-state index contributed by atoms with van der Waals surface area (Å²) < 4.78 is 38.9. The van der Waals surface area contributed by atoms with E-state index >= 15 is 0 Å². The molecular formula is C19H16F3NOS2. The van der Waals surface area contributed by atoms with Crippen LogP contribution in [-0.2, 0) is 12.6 Å². The average molecular weight is 395 g/mol. The van der Waals surface area contributed by atoms with Crippen molar-refractivity contribution in [3.05, 3.63) is 69.9 Å². The van der Waals surface area contributed by atoms with Crippen LogP contribution in [0.4, 0.5) is 13.2 Å². The Morgan fingerprint density at radius 1 is 1.00 bits per heavy atom. The highest BCUT2D eigenvalue weighted by molar-refractivity contribution is 7.21. The van der Waals surface area contributed by atoms with Crippen LogP contribution >= 0.6 is 22.7 Å². The number of carbonyl (C=O) groups excluding carboxylic acids is 1. The molecule has 2 heterocycles. The lowest BCUT2D eigenvalue weighted by Crippen LogP contribution is -2.27. The smallest absolute Gasteiger partial charge is 0.352 e. The maximum atomic E-state index is 13.0. The zero-order valence-electron chi connectivity index (χ0n) is 13.7. The lowest BCUT2D eigenvalue weighted by atomic mass is 10.1. The first-order valence-corrected chi connectivity index (χ1v) is 9.72. The second kappa shape index (κ2) is 8.05. The molecule has 0 saturated carbocycles. The molecule has 0 aliphatic carbocycles. The Morgan fingerprint density at radius 3 is 2.54 bits per heavy atom. The summed E-state index contributed by atoms with van der Waals surface area (Å²) in [6.07, 6.45) is -3.09. The number of nitrogens with one attached hydrogen (secondary N) is 1. The van der Waals surface area contributed by atoms with Gasteiger partial charge in [-0.15, -0.1) is 22.7 Å². The van der Waals surface area contributed by atoms with Gasteiger partial charge < -0.3 is 5.32 Å². The molecule has 1 aromatic carbocycles. The molecule has 3 aromatic rings. The third-order valence-electron chi connectivity index (χ3n) is 3.79. The van der Waals surface area contributed by atoms with Gasteiger partial charge in [0.15, 0.2) is 0 Å². The summed E-state index contributed by atoms with van der Waals surface area (Å²) in [4.78, 5) is 15.7. The van der Waals surface area contributed by atoms with Crippen LogP contribution in [0.5, 0.6) is 0 Å². The number of hydrogen-bond acceptors (Lipinski definition) is 3. The van der Waals surface area contributed by atoms with Gasteiger partial charge in [-0.1, -0.05) is 18.2 Å². The van der Waals surface area contributed by atoms with Crippen molar-refractivity contribution >= 4 is 28.6 Å². The molecule has 0 saturated heterocycles. The predicted octanol–water partition coefficient (Wildman–Crippen LogP) is 5.86. The minimum absolute atomic E-state index is 0.331. The standard InChI is InChI=1S/C19H16F3NOS2/c20-19(21,22)15-7-2-1-6-14(15)18(24)23-11-3-5-13-9-10-17(26-13)16-8-4-12-25-16/h1-2,4,6-10,12H,3,5,11H2,(H,23,24). The summed E-state index contributed by atoms with van der Waals surface area (Å²) in [6, 6.07) is 13.0. The Morgan fingerprint density at radius 2 is 1.81 bits per heavy atom. The first kappa shape index (κ1) is 18.7. The van der Waals surface area contributed by atoms with E-state index in [-0.39, 0.29) is 5.56 Å². The SMILES string of the molecule is O=C(NCCCc1ccc(-c2cccs2)s1)c1ccccc1C(F)(F)F. The molecule has 0 fully saturated rings. The second-order valence-electron chi connectivity index (χ2n) is 5.65. The van der Waals surface area contributed by atoms with E-state index in [1.807, 2.05) is 11.4 Å². The lowest BCUT2D eigenvalue weighted by Gasteiger charge is -2.12. The van der Waals surface area contributed by atoms with Gasteiger partial charge in [0.1, 0.15) is 0 Å². The van der Waals surface area contributed by atoms with Crippen molar-refractivity contribution in [2.45, 2.75) is 19.0 Å². The molecule has 0 bridgehead atoms. The molecule has 0 radical (unpaired) electrons. The second-order valence-corrected chi connectivity index (χ2v) is 7.76. The van der Waals surface area contributed by atoms with Crippen molar-refractivity contribution in [2.24, 2.45) is 0 Å². The number of thiophene rings is 2. The quantitative estimate of drug-likeness (QED) is 0.521. The number of hydrogen-bond donors (Lipinski definition) is 1. The summed E-state index contributed by atoms with van der Waals surface area (Å²) >= 11 is 3.38. The van der Waals surface area contributed by atoms with Crippen LogP contribution in [0.15, 0.2) is 53.9 Å². The number of halogens is 3. The molecule has 2 nitrogen and oxygen atoms in total. The fraction of sp³-hybridized carbons (Fsp3) is 0.211. The topological polar surface area (TPSA) is 29.1 Å². The van der Waals surface area contributed by atoms with Gasteiger partial charge in [0.05, 0.1) is 11.1 Å². The molecular weight excluding hydrogens is 379 g/mol. The first-order chi connectivity index (χ1) is 12.4. The third-order valence-corrected chi connectivity index (χ3v) is 6.00. The maximum Gasteiger partial charge on any atom is 0.417 e. The summed E-state index contributed by atoms with van der Waals surface area (Å²) in [5.74, 6) is -0.691. The van der Waals surface area contributed by atoms with Crippen LogP contribution in [0.2, 0.25) is 0 Å². The predicted molar refractivity (Wildman–Crippen MR) is 99.7 cm³/mol. The number of benzene rings is 1. The fourth-order valence-electron chi connectivity index (χ4n) is 2.55. The van der Waals surface area contributed by atoms with E-state index in [9.17, 15) is 18.0 Å². The normalized spacial score (nSPS) is 11.5. The van der Waals surface area contributed by atoms with E-state index in [0.29, 0.717) is 13.0 Å². The molecule has 0 spiro atoms. The van der Waals surface area contributed by atoms with E-state index in [2.05, 4.69) is 23.5 Å². The van der Waals surface area contributed by atoms with E-state index in [4.69, 9.17) is 0 Å². The largest absolute Gasteiger partial charge is 0.417 e. The maximum absolute atomic E-state index is 13.0. The lowest BCUT2D eigenvalue weighted by molar-refractivity contribution is -0.137. The molecule has 0 aliphatic rings. The molecule has 0 unspecified atom stereocenters. The molecule has 2 aromatic heterocycles. The minimum Gasteiger partial charge on any atom is -0.352 e. The first-order valence-electron chi connectivity index (χ1n) is 8.02. The summed E-state index contributed by atoms with van der Waals surface area (Å²) in [6.45, 7) is 0.331. The number of alkyl halides is 3. The molecule has 26 heavy (non-hydrogen) atoms. The van der Waals surface area contributed by atoms with E-state index < -0.39 is 17.6 Å². The summed E-state index contributed by atoms with van der Waals surface area (Å²) in [7, 11) is 0. The van der Waals surface area contributed by atoms with Gasteiger partial charge in [-0.3, -0.25) is 4.79 Å². The van der Waals surface area contributed by atoms with Crippen LogP contribution < -0.4 is 5.32 Å². The highest BCUT2D eigenvalue weighted by Gasteiger charge is 2.34. The Bertz CT molecular complexity index is 869. The Balaban J connectivity index is 1.52. The van der Waals surface area contributed by atoms with Gasteiger partial charge in [-0.2, -0.15) is 13.2 Å². The van der Waals surface area contributed by atoms with Crippen molar-refractivity contribution in [3.63, 3.8) is 0 Å². The van der Waals surface area contributed by atoms with Gasteiger partial charge in [-0.25, -0.2) is 0 Å². The van der Waals surface area contributed by atoms with Crippen LogP contribution in [-0.4, -0.2) is 12.5 Å². The van der Waals surface area contributed by atoms with E-state index in [1.165, 1.54) is 32.8 Å². The van der Waals surface area contributed by atoms with Gasteiger partial charge in [0.2, 0.25) is 0 Å². The van der Waals surface area contributed by atoms with Crippen LogP contribution in [0.3, 0.4) is 0 Å². The number of carbonyl (C=O) groups is 1. The molecule has 0 aliphatic heterocycles. The van der Waals surface area contributed by atoms with E-state index in [0.717, 1.165) is 12.5 Å². The molecule has 1 amide bonds. The molecule has 7 heteroatoms. The van der Waals surface area contributed by atoms with Crippen LogP contribution in [0.1, 0.15) is 27.2 Å². The van der Waals surface area contributed by atoms with Crippen molar-refractivity contribution in [3.8, 4) is 9.75 Å². The zero-order valence-corrected chi connectivity index (χ0v) is 15.3. The highest BCUT2D eigenvalue weighted by atomic mass is 32.1. The minimum atomic E-state index is -4.54. The van der Waals surface area contributed by atoms with Crippen molar-refractivity contribution in [1.29, 1.82) is 0 Å². The summed E-state index contributed by atoms with van der Waals surface area (Å²) in [5, 5.41) is 4.61. The van der Waals surface area contributed by atoms with Crippen LogP contribution in [0.25, 0.3) is 9.75 Å². The molecule has 3 rings (SSSR count). The van der Waals surface area contributed by atoms with Gasteiger partial charge in [0, 0.05) is 21.2 Å². The van der Waals surface area contributed by atoms with E-state index in [1.54, 1.807) is 22.7 Å². The number of aryl methyl sites for hydroxylation is 1. The Labute approximate surface area is 157 Å². The monoisotopic (exact) mass is 395 g/mol. The molecule has 136 valence electrons. The van der Waals surface area contributed by atoms with Gasteiger partial charge >= 0.3 is 6.18 Å². The average Bonchev–Trinajstić information content (AvgIpc) is 3.29. The number of rotatable bonds is 6. The summed E-state index contributed by atoms with van der Waals surface area (Å²) in [5.41, 5.74) is -1.24. The molecule has 1 N–H and O–H groups in total. The van der Waals surface area contributed by atoms with Crippen molar-refractivity contribution in [1.82, 2.24) is 5.32 Å². The highest BCUT2D eigenvalue weighted by Crippen LogP contribution is 2.32. The fourth-order valence-corrected chi connectivity index (χ4v) is 4.44. The zero-order chi connectivity index (χ0) is 18.6. The Hall–Kier alpha value is -2.12. The van der Waals surface area contributed by atoms with Gasteiger partial charge in [-0.05, 0) is 48.6 Å². The third kappa shape index (κ3) is 4.53. The van der Waals surface area contributed by atoms with Crippen molar-refractivity contribution in [2.75, 3.05) is 6.54 Å². The molecule has 0 atom stereocenters. The van der Waals surface area contributed by atoms with Crippen molar-refractivity contribution < 1.29 is 18.0 Å². The number of amides is 1. The van der Waals surface area contributed by atoms with Crippen LogP contribution in [0, 0.1) is 0 Å². The Kier molecular flexibility index (Phi) is 5.78. The van der Waals surface area contributed by atoms with Gasteiger partial charge in [0.25, 0.3) is 5.91 Å².